The Labute approximate surface area is 245 Å². The van der Waals surface area contributed by atoms with E-state index < -0.39 is 35.2 Å². The maximum atomic E-state index is 13.0. The summed E-state index contributed by atoms with van der Waals surface area (Å²) < 4.78 is 11.9. The Morgan fingerprint density at radius 2 is 1.55 bits per heavy atom. The van der Waals surface area contributed by atoms with Crippen molar-refractivity contribution in [2.45, 2.75) is 58.2 Å². The van der Waals surface area contributed by atoms with E-state index in [1.165, 1.54) is 7.11 Å². The minimum absolute atomic E-state index is 0.271. The molecule has 42 heavy (non-hydrogen) atoms. The van der Waals surface area contributed by atoms with E-state index in [2.05, 4.69) is 27.6 Å². The van der Waals surface area contributed by atoms with Crippen molar-refractivity contribution >= 4 is 24.3 Å². The van der Waals surface area contributed by atoms with Crippen molar-refractivity contribution in [3.63, 3.8) is 0 Å². The zero-order valence-corrected chi connectivity index (χ0v) is 24.9. The molecule has 3 aromatic rings. The number of carbonyl (C=O) groups is 4. The van der Waals surface area contributed by atoms with Crippen LogP contribution in [0.2, 0.25) is 0 Å². The van der Waals surface area contributed by atoms with Crippen LogP contribution in [0.1, 0.15) is 61.8 Å². The number of benzene rings is 2. The van der Waals surface area contributed by atoms with Crippen molar-refractivity contribution < 1.29 is 28.7 Å². The van der Waals surface area contributed by atoms with Crippen LogP contribution in [-0.4, -0.2) is 58.3 Å². The van der Waals surface area contributed by atoms with Gasteiger partial charge in [-0.3, -0.25) is 9.48 Å². The Kier molecular flexibility index (Phi) is 9.91. The van der Waals surface area contributed by atoms with Crippen LogP contribution in [0.3, 0.4) is 0 Å². The third kappa shape index (κ3) is 8.54. The molecule has 10 heteroatoms. The number of hydrogen-bond acceptors (Lipinski definition) is 7. The first kappa shape index (κ1) is 31.6. The second kappa shape index (κ2) is 13.2. The largest absolute Gasteiger partial charge is 0.467 e. The van der Waals surface area contributed by atoms with E-state index in [0.717, 1.165) is 23.1 Å². The number of aldehydes is 1. The van der Waals surface area contributed by atoms with Gasteiger partial charge in [0.25, 0.3) is 5.91 Å². The summed E-state index contributed by atoms with van der Waals surface area (Å²) >= 11 is 0. The molecular formula is C32H36N4O6. The normalized spacial score (nSPS) is 11.9. The average Bonchev–Trinajstić information content (AvgIpc) is 3.29. The molecule has 2 amide bonds. The standard InChI is InChI=1S/C32H36N4O6/c1-31(2,3)42-30(40)34-32(4,5)27(29(39)41-7)33-28(38)24-16-12-22(13-17-24)9-8-21-10-14-23(15-11-21)26-20-25(18-19-37)35-36(26)6/h10-17,19-20,27H,18H2,1-7H3,(H,33,38)(H,34,40)/t27-/m1/s1. The summed E-state index contributed by atoms with van der Waals surface area (Å²) in [4.78, 5) is 48.7. The molecule has 0 aliphatic rings. The van der Waals surface area contributed by atoms with Gasteiger partial charge in [-0.15, -0.1) is 0 Å². The summed E-state index contributed by atoms with van der Waals surface area (Å²) in [6.07, 6.45) is 0.372. The summed E-state index contributed by atoms with van der Waals surface area (Å²) in [7, 11) is 3.04. The molecular weight excluding hydrogens is 536 g/mol. The number of amides is 2. The van der Waals surface area contributed by atoms with Gasteiger partial charge in [-0.1, -0.05) is 24.0 Å². The van der Waals surface area contributed by atoms with Gasteiger partial charge in [-0.05, 0) is 82.6 Å². The Balaban J connectivity index is 1.69. The number of esters is 1. The molecule has 0 unspecified atom stereocenters. The minimum Gasteiger partial charge on any atom is -0.467 e. The molecule has 2 aromatic carbocycles. The number of alkyl carbamates (subject to hydrolysis) is 1. The lowest BCUT2D eigenvalue weighted by atomic mass is 9.94. The highest BCUT2D eigenvalue weighted by Gasteiger charge is 2.39. The van der Waals surface area contributed by atoms with E-state index in [0.29, 0.717) is 16.8 Å². The minimum atomic E-state index is -1.22. The monoisotopic (exact) mass is 572 g/mol. The van der Waals surface area contributed by atoms with Crippen molar-refractivity contribution in [3.8, 4) is 23.1 Å². The highest BCUT2D eigenvalue weighted by Crippen LogP contribution is 2.21. The van der Waals surface area contributed by atoms with Gasteiger partial charge in [0, 0.05) is 30.2 Å². The molecule has 2 N–H and O–H groups in total. The van der Waals surface area contributed by atoms with Gasteiger partial charge < -0.3 is 24.9 Å². The molecule has 3 rings (SSSR count). The molecule has 0 fully saturated rings. The van der Waals surface area contributed by atoms with E-state index in [9.17, 15) is 19.2 Å². The molecule has 0 bridgehead atoms. The van der Waals surface area contributed by atoms with Crippen molar-refractivity contribution in [2.75, 3.05) is 7.11 Å². The Bertz CT molecular complexity index is 1500. The third-order valence-electron chi connectivity index (χ3n) is 6.16. The van der Waals surface area contributed by atoms with Crippen LogP contribution in [0.5, 0.6) is 0 Å². The highest BCUT2D eigenvalue weighted by molar-refractivity contribution is 5.97. The van der Waals surface area contributed by atoms with Crippen LogP contribution in [0, 0.1) is 11.8 Å². The fourth-order valence-corrected chi connectivity index (χ4v) is 4.06. The number of aromatic nitrogens is 2. The Morgan fingerprint density at radius 3 is 2.07 bits per heavy atom. The summed E-state index contributed by atoms with van der Waals surface area (Å²) in [6.45, 7) is 8.35. The van der Waals surface area contributed by atoms with Crippen LogP contribution in [0.15, 0.2) is 54.6 Å². The number of methoxy groups -OCH3 is 1. The van der Waals surface area contributed by atoms with Crippen LogP contribution in [0.4, 0.5) is 4.79 Å². The van der Waals surface area contributed by atoms with E-state index in [1.807, 2.05) is 37.4 Å². The van der Waals surface area contributed by atoms with E-state index in [-0.39, 0.29) is 6.42 Å². The zero-order chi connectivity index (χ0) is 31.1. The van der Waals surface area contributed by atoms with Crippen molar-refractivity contribution in [1.29, 1.82) is 0 Å². The predicted octanol–water partition coefficient (Wildman–Crippen LogP) is 3.80. The molecule has 10 nitrogen and oxygen atoms in total. The fourth-order valence-electron chi connectivity index (χ4n) is 4.06. The lowest BCUT2D eigenvalue weighted by Crippen LogP contribution is -2.62. The fraction of sp³-hybridized carbons (Fsp3) is 0.344. The average molecular weight is 573 g/mol. The first-order valence-electron chi connectivity index (χ1n) is 13.3. The molecule has 1 heterocycles. The molecule has 0 radical (unpaired) electrons. The summed E-state index contributed by atoms with van der Waals surface area (Å²) in [5, 5.41) is 9.64. The SMILES string of the molecule is COC(=O)[C@@H](NC(=O)c1ccc(C#Cc2ccc(-c3cc(CC=O)nn3C)cc2)cc1)C(C)(C)NC(=O)OC(C)(C)C. The van der Waals surface area contributed by atoms with Crippen molar-refractivity contribution in [3.05, 3.63) is 77.0 Å². The quantitative estimate of drug-likeness (QED) is 0.239. The van der Waals surface area contributed by atoms with Crippen LogP contribution in [-0.2, 0) is 32.5 Å². The van der Waals surface area contributed by atoms with Gasteiger partial charge in [-0.25, -0.2) is 9.59 Å². The van der Waals surface area contributed by atoms with Crippen LogP contribution in [0.25, 0.3) is 11.3 Å². The lowest BCUT2D eigenvalue weighted by Gasteiger charge is -2.34. The van der Waals surface area contributed by atoms with E-state index in [1.54, 1.807) is 63.6 Å². The van der Waals surface area contributed by atoms with Gasteiger partial charge in [0.05, 0.1) is 24.0 Å². The topological polar surface area (TPSA) is 129 Å². The van der Waals surface area contributed by atoms with Crippen LogP contribution < -0.4 is 10.6 Å². The number of nitrogens with one attached hydrogen (secondary N) is 2. The molecule has 0 saturated carbocycles. The molecule has 1 aromatic heterocycles. The van der Waals surface area contributed by atoms with E-state index >= 15 is 0 Å². The van der Waals surface area contributed by atoms with Crippen molar-refractivity contribution in [1.82, 2.24) is 20.4 Å². The van der Waals surface area contributed by atoms with Gasteiger partial charge in [-0.2, -0.15) is 5.10 Å². The summed E-state index contributed by atoms with van der Waals surface area (Å²) in [5.41, 5.74) is 2.41. The third-order valence-corrected chi connectivity index (χ3v) is 6.16. The summed E-state index contributed by atoms with van der Waals surface area (Å²) in [6, 6.07) is 15.0. The lowest BCUT2D eigenvalue weighted by molar-refractivity contribution is -0.144. The first-order valence-corrected chi connectivity index (χ1v) is 13.3. The molecule has 0 spiro atoms. The Morgan fingerprint density at radius 1 is 0.976 bits per heavy atom. The predicted molar refractivity (Wildman–Crippen MR) is 158 cm³/mol. The first-order chi connectivity index (χ1) is 19.7. The highest BCUT2D eigenvalue weighted by atomic mass is 16.6. The Hall–Kier alpha value is -4.91. The number of nitrogens with zero attached hydrogens (tertiary/aromatic N) is 2. The number of carbonyl (C=O) groups excluding carboxylic acids is 4. The molecule has 1 atom stereocenters. The van der Waals surface area contributed by atoms with Crippen LogP contribution >= 0.6 is 0 Å². The second-order valence-corrected chi connectivity index (χ2v) is 11.2. The van der Waals surface area contributed by atoms with Gasteiger partial charge in [0.15, 0.2) is 0 Å². The van der Waals surface area contributed by atoms with Gasteiger partial charge >= 0.3 is 12.1 Å². The molecule has 220 valence electrons. The second-order valence-electron chi connectivity index (χ2n) is 11.2. The summed E-state index contributed by atoms with van der Waals surface area (Å²) in [5.74, 6) is 4.94. The van der Waals surface area contributed by atoms with E-state index in [4.69, 9.17) is 9.47 Å². The number of ether oxygens (including phenoxy) is 2. The number of hydrogen-bond donors (Lipinski definition) is 2. The maximum Gasteiger partial charge on any atom is 0.408 e. The maximum absolute atomic E-state index is 13.0. The number of aryl methyl sites for hydroxylation is 1. The number of rotatable bonds is 8. The molecule has 0 aliphatic heterocycles. The van der Waals surface area contributed by atoms with Crippen molar-refractivity contribution in [2.24, 2.45) is 7.05 Å². The molecule has 0 saturated heterocycles. The molecule has 0 aliphatic carbocycles. The van der Waals surface area contributed by atoms with Gasteiger partial charge in [0.1, 0.15) is 17.9 Å². The zero-order valence-electron chi connectivity index (χ0n) is 24.9. The smallest absolute Gasteiger partial charge is 0.408 e. The van der Waals surface area contributed by atoms with Gasteiger partial charge in [0.2, 0.25) is 0 Å².